The fourth-order valence-corrected chi connectivity index (χ4v) is 5.43. The van der Waals surface area contributed by atoms with Crippen molar-refractivity contribution in [2.24, 2.45) is 5.92 Å². The van der Waals surface area contributed by atoms with Gasteiger partial charge in [-0.15, -0.1) is 0 Å². The Bertz CT molecular complexity index is 571. The van der Waals surface area contributed by atoms with E-state index < -0.39 is 0 Å². The highest BCUT2D eigenvalue weighted by Crippen LogP contribution is 2.56. The fourth-order valence-electron chi connectivity index (χ4n) is 5.43. The fraction of sp³-hybridized carbons (Fsp3) is 0.667. The van der Waals surface area contributed by atoms with Gasteiger partial charge in [-0.1, -0.05) is 12.8 Å². The first kappa shape index (κ1) is 13.4. The summed E-state index contributed by atoms with van der Waals surface area (Å²) in [5, 5.41) is 0. The van der Waals surface area contributed by atoms with Gasteiger partial charge in [0.1, 0.15) is 5.75 Å². The Morgan fingerprint density at radius 2 is 2.14 bits per heavy atom. The van der Waals surface area contributed by atoms with Crippen molar-refractivity contribution in [3.63, 3.8) is 0 Å². The van der Waals surface area contributed by atoms with Crippen LogP contribution < -0.4 is 10.5 Å². The Labute approximate surface area is 127 Å². The van der Waals surface area contributed by atoms with Crippen LogP contribution in [0.25, 0.3) is 0 Å². The van der Waals surface area contributed by atoms with Crippen LogP contribution in [0, 0.1) is 5.92 Å². The topological polar surface area (TPSA) is 38.5 Å². The molecule has 0 radical (unpaired) electrons. The molecule has 4 rings (SSSR count). The van der Waals surface area contributed by atoms with Gasteiger partial charge in [-0.25, -0.2) is 0 Å². The summed E-state index contributed by atoms with van der Waals surface area (Å²) < 4.78 is 5.51. The number of hydrogen-bond acceptors (Lipinski definition) is 3. The second kappa shape index (κ2) is 4.64. The Morgan fingerprint density at radius 3 is 2.95 bits per heavy atom. The van der Waals surface area contributed by atoms with Crippen LogP contribution in [0.15, 0.2) is 12.1 Å². The van der Waals surface area contributed by atoms with Crippen molar-refractivity contribution in [2.45, 2.75) is 50.0 Å². The lowest BCUT2D eigenvalue weighted by molar-refractivity contribution is 0.00277. The van der Waals surface area contributed by atoms with Gasteiger partial charge in [0.05, 0.1) is 12.8 Å². The van der Waals surface area contributed by atoms with Gasteiger partial charge in [0.2, 0.25) is 0 Å². The van der Waals surface area contributed by atoms with Crippen LogP contribution in [0.1, 0.15) is 43.2 Å². The standard InChI is InChI=1S/C18H26N2O/c1-20-8-7-18-6-4-3-5-13(18)16(20)10-12-9-15(19)17(21-2)11-14(12)18/h9,11,13,16H,3-8,10,19H2,1-2H3/t13?,16-,18-/m0/s1. The molecule has 2 bridgehead atoms. The summed E-state index contributed by atoms with van der Waals surface area (Å²) in [6.45, 7) is 1.23. The number of likely N-dealkylation sites (N-methyl/N-ethyl adjacent to an activating group) is 1. The highest BCUT2D eigenvalue weighted by atomic mass is 16.5. The zero-order valence-corrected chi connectivity index (χ0v) is 13.2. The Morgan fingerprint density at radius 1 is 1.29 bits per heavy atom. The number of nitrogen functional groups attached to an aromatic ring is 1. The molecule has 1 saturated heterocycles. The van der Waals surface area contributed by atoms with Gasteiger partial charge in [-0.05, 0) is 68.5 Å². The normalized spacial score (nSPS) is 35.0. The molecular weight excluding hydrogens is 260 g/mol. The molecule has 1 saturated carbocycles. The lowest BCUT2D eigenvalue weighted by Crippen LogP contribution is -2.59. The first-order valence-corrected chi connectivity index (χ1v) is 8.33. The van der Waals surface area contributed by atoms with E-state index in [1.807, 2.05) is 0 Å². The number of ether oxygens (including phenoxy) is 1. The highest BCUT2D eigenvalue weighted by Gasteiger charge is 2.53. The quantitative estimate of drug-likeness (QED) is 0.807. The third-order valence-corrected chi connectivity index (χ3v) is 6.46. The molecule has 0 amide bonds. The first-order valence-electron chi connectivity index (χ1n) is 8.33. The molecule has 1 aromatic rings. The SMILES string of the molecule is COc1cc2c(cc1N)C[C@H]1C3CCCC[C@@]23CCN1C. The summed E-state index contributed by atoms with van der Waals surface area (Å²) in [6.07, 6.45) is 7.97. The number of nitrogens with zero attached hydrogens (tertiary/aromatic N) is 1. The summed E-state index contributed by atoms with van der Waals surface area (Å²) >= 11 is 0. The summed E-state index contributed by atoms with van der Waals surface area (Å²) in [7, 11) is 4.04. The van der Waals surface area contributed by atoms with Crippen molar-refractivity contribution in [2.75, 3.05) is 26.4 Å². The number of piperidine rings is 1. The van der Waals surface area contributed by atoms with E-state index in [4.69, 9.17) is 10.5 Å². The van der Waals surface area contributed by atoms with Crippen LogP contribution in [-0.4, -0.2) is 31.6 Å². The summed E-state index contributed by atoms with van der Waals surface area (Å²) in [5.74, 6) is 1.69. The van der Waals surface area contributed by atoms with Gasteiger partial charge in [-0.2, -0.15) is 0 Å². The van der Waals surface area contributed by atoms with Gasteiger partial charge >= 0.3 is 0 Å². The molecule has 1 aromatic carbocycles. The number of nitrogens with two attached hydrogens (primary N) is 1. The van der Waals surface area contributed by atoms with Crippen molar-refractivity contribution in [1.82, 2.24) is 4.90 Å². The van der Waals surface area contributed by atoms with Crippen molar-refractivity contribution in [1.29, 1.82) is 0 Å². The van der Waals surface area contributed by atoms with Crippen LogP contribution in [0.2, 0.25) is 0 Å². The number of methoxy groups -OCH3 is 1. The molecular formula is C18H26N2O. The maximum atomic E-state index is 6.17. The van der Waals surface area contributed by atoms with Gasteiger partial charge < -0.3 is 15.4 Å². The Kier molecular flexibility index (Phi) is 2.97. The minimum atomic E-state index is 0.393. The molecule has 0 spiro atoms. The van der Waals surface area contributed by atoms with Gasteiger partial charge in [-0.3, -0.25) is 0 Å². The van der Waals surface area contributed by atoms with E-state index in [1.54, 1.807) is 12.7 Å². The van der Waals surface area contributed by atoms with E-state index >= 15 is 0 Å². The molecule has 3 atom stereocenters. The van der Waals surface area contributed by atoms with Crippen molar-refractivity contribution < 1.29 is 4.74 Å². The molecule has 3 heteroatoms. The summed E-state index contributed by atoms with van der Waals surface area (Å²) in [4.78, 5) is 2.59. The smallest absolute Gasteiger partial charge is 0.142 e. The lowest BCUT2D eigenvalue weighted by atomic mass is 9.52. The van der Waals surface area contributed by atoms with Crippen LogP contribution in [0.3, 0.4) is 0 Å². The van der Waals surface area contributed by atoms with Gasteiger partial charge in [0.15, 0.2) is 0 Å². The number of rotatable bonds is 1. The van der Waals surface area contributed by atoms with Crippen LogP contribution in [-0.2, 0) is 11.8 Å². The zero-order valence-electron chi connectivity index (χ0n) is 13.2. The molecule has 114 valence electrons. The average molecular weight is 286 g/mol. The highest BCUT2D eigenvalue weighted by molar-refractivity contribution is 5.60. The van der Waals surface area contributed by atoms with E-state index in [0.717, 1.165) is 23.8 Å². The van der Waals surface area contributed by atoms with Gasteiger partial charge in [0.25, 0.3) is 0 Å². The third-order valence-electron chi connectivity index (χ3n) is 6.46. The second-order valence-electron chi connectivity index (χ2n) is 7.26. The molecule has 1 heterocycles. The molecule has 2 aliphatic carbocycles. The number of likely N-dealkylation sites (tertiary alicyclic amines) is 1. The largest absolute Gasteiger partial charge is 0.495 e. The number of anilines is 1. The van der Waals surface area contributed by atoms with E-state index in [1.165, 1.54) is 44.2 Å². The predicted octanol–water partition coefficient (Wildman–Crippen LogP) is 2.97. The lowest BCUT2D eigenvalue weighted by Gasteiger charge is -2.58. The second-order valence-corrected chi connectivity index (χ2v) is 7.26. The molecule has 3 aliphatic rings. The van der Waals surface area contributed by atoms with Gasteiger partial charge in [0, 0.05) is 11.5 Å². The van der Waals surface area contributed by atoms with Crippen molar-refractivity contribution in [3.8, 4) is 5.75 Å². The third kappa shape index (κ3) is 1.76. The maximum absolute atomic E-state index is 6.17. The number of benzene rings is 1. The first-order chi connectivity index (χ1) is 10.2. The molecule has 2 fully saturated rings. The van der Waals surface area contributed by atoms with Crippen LogP contribution in [0.5, 0.6) is 5.75 Å². The van der Waals surface area contributed by atoms with E-state index in [0.29, 0.717) is 11.5 Å². The Balaban J connectivity index is 1.90. The molecule has 1 unspecified atom stereocenters. The molecule has 21 heavy (non-hydrogen) atoms. The molecule has 3 nitrogen and oxygen atoms in total. The number of fused-ring (bicyclic) bond motifs is 1. The average Bonchev–Trinajstić information content (AvgIpc) is 2.50. The maximum Gasteiger partial charge on any atom is 0.142 e. The van der Waals surface area contributed by atoms with Crippen molar-refractivity contribution >= 4 is 5.69 Å². The van der Waals surface area contributed by atoms with E-state index in [9.17, 15) is 0 Å². The number of hydrogen-bond donors (Lipinski definition) is 1. The van der Waals surface area contributed by atoms with Crippen LogP contribution in [0.4, 0.5) is 5.69 Å². The minimum absolute atomic E-state index is 0.393. The van der Waals surface area contributed by atoms with Crippen LogP contribution >= 0.6 is 0 Å². The molecule has 1 aliphatic heterocycles. The van der Waals surface area contributed by atoms with E-state index in [-0.39, 0.29) is 0 Å². The Hall–Kier alpha value is -1.22. The predicted molar refractivity (Wildman–Crippen MR) is 85.8 cm³/mol. The zero-order chi connectivity index (χ0) is 14.6. The van der Waals surface area contributed by atoms with E-state index in [2.05, 4.69) is 24.1 Å². The monoisotopic (exact) mass is 286 g/mol. The van der Waals surface area contributed by atoms with Crippen molar-refractivity contribution in [3.05, 3.63) is 23.3 Å². The molecule has 2 N–H and O–H groups in total. The summed E-state index contributed by atoms with van der Waals surface area (Å²) in [6, 6.07) is 5.16. The molecule has 0 aromatic heterocycles. The minimum Gasteiger partial charge on any atom is -0.495 e. The summed E-state index contributed by atoms with van der Waals surface area (Å²) in [5.41, 5.74) is 10.4.